The third kappa shape index (κ3) is 3.70. The summed E-state index contributed by atoms with van der Waals surface area (Å²) in [6.07, 6.45) is 3.76. The average molecular weight is 277 g/mol. The summed E-state index contributed by atoms with van der Waals surface area (Å²) in [6.45, 7) is 4.82. The zero-order valence-corrected chi connectivity index (χ0v) is 12.5. The summed E-state index contributed by atoms with van der Waals surface area (Å²) in [5.74, 6) is 0.786. The highest BCUT2D eigenvalue weighted by Gasteiger charge is 2.27. The Labute approximate surface area is 120 Å². The molecule has 0 radical (unpaired) electrons. The van der Waals surface area contributed by atoms with E-state index in [0.717, 1.165) is 38.4 Å². The van der Waals surface area contributed by atoms with Crippen molar-refractivity contribution < 1.29 is 9.53 Å². The molecule has 1 aromatic rings. The molecule has 0 aromatic carbocycles. The van der Waals surface area contributed by atoms with E-state index in [1.165, 1.54) is 0 Å². The highest BCUT2D eigenvalue weighted by atomic mass is 16.5. The van der Waals surface area contributed by atoms with Gasteiger partial charge >= 0.3 is 0 Å². The van der Waals surface area contributed by atoms with Crippen LogP contribution in [0.5, 0.6) is 0 Å². The smallest absolute Gasteiger partial charge is 0.254 e. The van der Waals surface area contributed by atoms with Crippen LogP contribution in [-0.2, 0) is 4.74 Å². The Morgan fingerprint density at radius 3 is 2.65 bits per heavy atom. The molecule has 20 heavy (non-hydrogen) atoms. The van der Waals surface area contributed by atoms with Crippen molar-refractivity contribution in [2.24, 2.45) is 5.41 Å². The number of carbonyl (C=O) groups excluding carboxylic acids is 1. The number of pyridine rings is 1. The van der Waals surface area contributed by atoms with E-state index >= 15 is 0 Å². The maximum atomic E-state index is 11.8. The molecule has 0 bridgehead atoms. The molecule has 2 rings (SSSR count). The number of aromatic nitrogens is 1. The first-order chi connectivity index (χ1) is 9.50. The van der Waals surface area contributed by atoms with Gasteiger partial charge in [-0.2, -0.15) is 0 Å². The normalized spacial score (nSPS) is 17.6. The lowest BCUT2D eigenvalue weighted by Crippen LogP contribution is -2.33. The summed E-state index contributed by atoms with van der Waals surface area (Å²) < 4.78 is 5.40. The Hall–Kier alpha value is -1.62. The van der Waals surface area contributed by atoms with Crippen LogP contribution in [0.2, 0.25) is 0 Å². The average Bonchev–Trinajstić information content (AvgIpc) is 2.46. The van der Waals surface area contributed by atoms with Crippen molar-refractivity contribution >= 4 is 11.7 Å². The molecule has 0 aliphatic carbocycles. The number of hydrogen-bond donors (Lipinski definition) is 1. The second kappa shape index (κ2) is 6.22. The van der Waals surface area contributed by atoms with Gasteiger partial charge in [-0.3, -0.25) is 4.79 Å². The molecule has 2 heterocycles. The molecule has 5 heteroatoms. The molecule has 0 spiro atoms. The zero-order valence-electron chi connectivity index (χ0n) is 12.5. The van der Waals surface area contributed by atoms with Gasteiger partial charge in [-0.25, -0.2) is 4.98 Å². The van der Waals surface area contributed by atoms with Crippen molar-refractivity contribution in [1.82, 2.24) is 9.88 Å². The third-order valence-electron chi connectivity index (χ3n) is 3.81. The van der Waals surface area contributed by atoms with E-state index in [-0.39, 0.29) is 11.3 Å². The molecule has 0 atom stereocenters. The second-order valence-electron chi connectivity index (χ2n) is 5.91. The molecule has 1 fully saturated rings. The molecule has 0 saturated carbocycles. The monoisotopic (exact) mass is 277 g/mol. The van der Waals surface area contributed by atoms with E-state index in [1.54, 1.807) is 25.2 Å². The SMILES string of the molecule is CN(C)C(=O)c1ccc(NCC2(C)CCOCC2)nc1. The van der Waals surface area contributed by atoms with E-state index < -0.39 is 0 Å². The highest BCUT2D eigenvalue weighted by Crippen LogP contribution is 2.29. The van der Waals surface area contributed by atoms with E-state index in [1.807, 2.05) is 12.1 Å². The first kappa shape index (κ1) is 14.8. The van der Waals surface area contributed by atoms with E-state index in [2.05, 4.69) is 17.2 Å². The first-order valence-corrected chi connectivity index (χ1v) is 6.99. The topological polar surface area (TPSA) is 54.5 Å². The summed E-state index contributed by atoms with van der Waals surface area (Å²) in [7, 11) is 3.47. The fraction of sp³-hybridized carbons (Fsp3) is 0.600. The number of carbonyl (C=O) groups is 1. The lowest BCUT2D eigenvalue weighted by Gasteiger charge is -2.33. The molecule has 1 aliphatic heterocycles. The van der Waals surface area contributed by atoms with Gasteiger partial charge < -0.3 is 15.0 Å². The van der Waals surface area contributed by atoms with Crippen molar-refractivity contribution in [2.75, 3.05) is 39.2 Å². The Morgan fingerprint density at radius 2 is 2.10 bits per heavy atom. The molecule has 1 aliphatic rings. The second-order valence-corrected chi connectivity index (χ2v) is 5.91. The standard InChI is InChI=1S/C15H23N3O2/c1-15(6-8-20-9-7-15)11-17-13-5-4-12(10-16-13)14(19)18(2)3/h4-5,10H,6-9,11H2,1-3H3,(H,16,17). The van der Waals surface area contributed by atoms with Crippen LogP contribution in [0.25, 0.3) is 0 Å². The van der Waals surface area contributed by atoms with Gasteiger partial charge in [0.05, 0.1) is 5.56 Å². The van der Waals surface area contributed by atoms with E-state index in [9.17, 15) is 4.79 Å². The Balaban J connectivity index is 1.92. The van der Waals surface area contributed by atoms with Gasteiger partial charge in [-0.15, -0.1) is 0 Å². The fourth-order valence-electron chi connectivity index (χ4n) is 2.23. The largest absolute Gasteiger partial charge is 0.381 e. The number of amides is 1. The van der Waals surface area contributed by atoms with Crippen LogP contribution >= 0.6 is 0 Å². The minimum Gasteiger partial charge on any atom is -0.381 e. The van der Waals surface area contributed by atoms with Gasteiger partial charge in [-0.1, -0.05) is 6.92 Å². The van der Waals surface area contributed by atoms with Crippen LogP contribution in [0.1, 0.15) is 30.1 Å². The number of ether oxygens (including phenoxy) is 1. The lowest BCUT2D eigenvalue weighted by molar-refractivity contribution is 0.0299. The number of nitrogens with zero attached hydrogens (tertiary/aromatic N) is 2. The maximum Gasteiger partial charge on any atom is 0.254 e. The van der Waals surface area contributed by atoms with Gasteiger partial charge in [0.1, 0.15) is 5.82 Å². The number of anilines is 1. The number of nitrogens with one attached hydrogen (secondary N) is 1. The Morgan fingerprint density at radius 1 is 1.40 bits per heavy atom. The quantitative estimate of drug-likeness (QED) is 0.914. The molecule has 1 aromatic heterocycles. The summed E-state index contributed by atoms with van der Waals surface area (Å²) in [4.78, 5) is 17.6. The number of rotatable bonds is 4. The van der Waals surface area contributed by atoms with Crippen molar-refractivity contribution in [2.45, 2.75) is 19.8 Å². The van der Waals surface area contributed by atoms with Gasteiger partial charge in [0.15, 0.2) is 0 Å². The third-order valence-corrected chi connectivity index (χ3v) is 3.81. The van der Waals surface area contributed by atoms with Gasteiger partial charge in [0.2, 0.25) is 0 Å². The van der Waals surface area contributed by atoms with Crippen molar-refractivity contribution in [3.8, 4) is 0 Å². The van der Waals surface area contributed by atoms with Gasteiger partial charge in [-0.05, 0) is 30.4 Å². The Bertz CT molecular complexity index is 451. The van der Waals surface area contributed by atoms with E-state index in [4.69, 9.17) is 4.74 Å². The predicted octanol–water partition coefficient (Wildman–Crippen LogP) is 2.01. The summed E-state index contributed by atoms with van der Waals surface area (Å²) in [6, 6.07) is 3.67. The van der Waals surface area contributed by atoms with Crippen molar-refractivity contribution in [3.05, 3.63) is 23.9 Å². The van der Waals surface area contributed by atoms with Crippen LogP contribution in [0, 0.1) is 5.41 Å². The molecule has 5 nitrogen and oxygen atoms in total. The molecule has 1 saturated heterocycles. The summed E-state index contributed by atoms with van der Waals surface area (Å²) >= 11 is 0. The van der Waals surface area contributed by atoms with Crippen LogP contribution in [0.4, 0.5) is 5.82 Å². The number of hydrogen-bond acceptors (Lipinski definition) is 4. The van der Waals surface area contributed by atoms with E-state index in [0.29, 0.717) is 5.56 Å². The maximum absolute atomic E-state index is 11.8. The van der Waals surface area contributed by atoms with Crippen molar-refractivity contribution in [1.29, 1.82) is 0 Å². The Kier molecular flexibility index (Phi) is 4.60. The van der Waals surface area contributed by atoms with Crippen LogP contribution in [0.15, 0.2) is 18.3 Å². The molecule has 1 N–H and O–H groups in total. The van der Waals surface area contributed by atoms with Gasteiger partial charge in [0.25, 0.3) is 5.91 Å². The lowest BCUT2D eigenvalue weighted by atomic mass is 9.82. The zero-order chi connectivity index (χ0) is 14.6. The molecule has 1 amide bonds. The summed E-state index contributed by atoms with van der Waals surface area (Å²) in [5, 5.41) is 3.36. The minimum atomic E-state index is -0.0274. The van der Waals surface area contributed by atoms with Gasteiger partial charge in [0, 0.05) is 40.1 Å². The molecular formula is C15H23N3O2. The first-order valence-electron chi connectivity index (χ1n) is 6.99. The van der Waals surface area contributed by atoms with Crippen molar-refractivity contribution in [3.63, 3.8) is 0 Å². The highest BCUT2D eigenvalue weighted by molar-refractivity contribution is 5.93. The summed E-state index contributed by atoms with van der Waals surface area (Å²) in [5.41, 5.74) is 0.871. The van der Waals surface area contributed by atoms with Crippen LogP contribution < -0.4 is 5.32 Å². The van der Waals surface area contributed by atoms with Crippen LogP contribution in [-0.4, -0.2) is 49.6 Å². The molecular weight excluding hydrogens is 254 g/mol. The minimum absolute atomic E-state index is 0.0274. The molecule has 110 valence electrons. The predicted molar refractivity (Wildman–Crippen MR) is 78.9 cm³/mol. The van der Waals surface area contributed by atoms with Crippen LogP contribution in [0.3, 0.4) is 0 Å². The molecule has 0 unspecified atom stereocenters. The fourth-order valence-corrected chi connectivity index (χ4v) is 2.23.